The van der Waals surface area contributed by atoms with Gasteiger partial charge in [0.2, 0.25) is 5.82 Å². The Bertz CT molecular complexity index is 583. The summed E-state index contributed by atoms with van der Waals surface area (Å²) in [7, 11) is 0. The summed E-state index contributed by atoms with van der Waals surface area (Å²) in [5.41, 5.74) is -2.24. The number of nitrogens with one attached hydrogen (secondary N) is 1. The highest BCUT2D eigenvalue weighted by Gasteiger charge is 2.39. The highest BCUT2D eigenvalue weighted by atomic mass is 19.1. The van der Waals surface area contributed by atoms with E-state index in [-0.39, 0.29) is 5.92 Å². The van der Waals surface area contributed by atoms with Crippen molar-refractivity contribution < 1.29 is 18.5 Å². The predicted octanol–water partition coefficient (Wildman–Crippen LogP) is 2.79. The summed E-state index contributed by atoms with van der Waals surface area (Å²) in [6.45, 7) is 3.57. The third-order valence-electron chi connectivity index (χ3n) is 3.49. The number of nitro groups is 1. The van der Waals surface area contributed by atoms with E-state index in [4.69, 9.17) is 0 Å². The zero-order chi connectivity index (χ0) is 15.1. The minimum atomic E-state index is -1.32. The Labute approximate surface area is 114 Å². The van der Waals surface area contributed by atoms with E-state index in [9.17, 15) is 23.7 Å². The van der Waals surface area contributed by atoms with E-state index in [0.717, 1.165) is 12.8 Å². The number of amides is 1. The molecule has 0 spiro atoms. The highest BCUT2D eigenvalue weighted by molar-refractivity contribution is 5.95. The van der Waals surface area contributed by atoms with Crippen LogP contribution in [0.4, 0.5) is 14.5 Å². The van der Waals surface area contributed by atoms with Gasteiger partial charge in [-0.2, -0.15) is 4.39 Å². The Morgan fingerprint density at radius 2 is 2.00 bits per heavy atom. The van der Waals surface area contributed by atoms with Gasteiger partial charge in [-0.05, 0) is 38.7 Å². The van der Waals surface area contributed by atoms with Crippen LogP contribution in [-0.2, 0) is 0 Å². The highest BCUT2D eigenvalue weighted by Crippen LogP contribution is 2.39. The maximum atomic E-state index is 13.9. The van der Waals surface area contributed by atoms with Gasteiger partial charge in [-0.1, -0.05) is 0 Å². The molecule has 0 bridgehead atoms. The first-order valence-electron chi connectivity index (χ1n) is 6.18. The number of nitro benzene ring substituents is 1. The maximum absolute atomic E-state index is 13.9. The molecule has 1 aromatic rings. The summed E-state index contributed by atoms with van der Waals surface area (Å²) < 4.78 is 27.2. The number of carbonyl (C=O) groups excluding carboxylic acids is 1. The van der Waals surface area contributed by atoms with E-state index in [1.165, 1.54) is 0 Å². The van der Waals surface area contributed by atoms with E-state index in [0.29, 0.717) is 12.1 Å². The summed E-state index contributed by atoms with van der Waals surface area (Å²) >= 11 is 0. The summed E-state index contributed by atoms with van der Waals surface area (Å²) in [5.74, 6) is -2.90. The molecule has 0 saturated heterocycles. The number of rotatable bonds is 4. The van der Waals surface area contributed by atoms with Crippen LogP contribution in [0.5, 0.6) is 0 Å². The first-order chi connectivity index (χ1) is 9.22. The fourth-order valence-corrected chi connectivity index (χ4v) is 2.14. The summed E-state index contributed by atoms with van der Waals surface area (Å²) in [4.78, 5) is 21.6. The van der Waals surface area contributed by atoms with Crippen molar-refractivity contribution in [1.29, 1.82) is 0 Å². The molecule has 1 aromatic carbocycles. The van der Waals surface area contributed by atoms with E-state index in [1.807, 2.05) is 0 Å². The molecule has 1 saturated carbocycles. The molecule has 1 N–H and O–H groups in total. The average molecular weight is 284 g/mol. The van der Waals surface area contributed by atoms with Crippen molar-refractivity contribution in [2.24, 2.45) is 5.92 Å². The number of hydrogen-bond donors (Lipinski definition) is 1. The van der Waals surface area contributed by atoms with Crippen LogP contribution in [0.15, 0.2) is 12.1 Å². The first-order valence-corrected chi connectivity index (χ1v) is 6.18. The molecule has 1 aliphatic carbocycles. The molecule has 0 radical (unpaired) electrons. The SMILES string of the molecule is CC(C)(NC(=O)c1cc(F)cc([N+](=O)[O-])c1F)C1CC1. The van der Waals surface area contributed by atoms with Gasteiger partial charge < -0.3 is 5.32 Å². The van der Waals surface area contributed by atoms with Crippen molar-refractivity contribution >= 4 is 11.6 Å². The van der Waals surface area contributed by atoms with Gasteiger partial charge in [0.25, 0.3) is 5.91 Å². The molecule has 0 aliphatic heterocycles. The van der Waals surface area contributed by atoms with Crippen LogP contribution in [0.3, 0.4) is 0 Å². The summed E-state index contributed by atoms with van der Waals surface area (Å²) in [6.07, 6.45) is 1.91. The fraction of sp³-hybridized carbons (Fsp3) is 0.462. The molecule has 0 atom stereocenters. The van der Waals surface area contributed by atoms with Crippen molar-refractivity contribution in [3.05, 3.63) is 39.4 Å². The van der Waals surface area contributed by atoms with Crippen molar-refractivity contribution in [2.45, 2.75) is 32.2 Å². The van der Waals surface area contributed by atoms with Crippen LogP contribution >= 0.6 is 0 Å². The zero-order valence-electron chi connectivity index (χ0n) is 11.1. The van der Waals surface area contributed by atoms with Gasteiger partial charge in [-0.25, -0.2) is 4.39 Å². The molecule has 108 valence electrons. The molecule has 1 fully saturated rings. The molecule has 5 nitrogen and oxygen atoms in total. The van der Waals surface area contributed by atoms with Crippen LogP contribution in [0, 0.1) is 27.7 Å². The smallest absolute Gasteiger partial charge is 0.308 e. The molecule has 1 amide bonds. The third-order valence-corrected chi connectivity index (χ3v) is 3.49. The van der Waals surface area contributed by atoms with E-state index in [2.05, 4.69) is 5.32 Å². The Kier molecular flexibility index (Phi) is 3.45. The van der Waals surface area contributed by atoms with Crippen LogP contribution < -0.4 is 5.32 Å². The van der Waals surface area contributed by atoms with Gasteiger partial charge >= 0.3 is 5.69 Å². The molecule has 7 heteroatoms. The standard InChI is InChI=1S/C13H14F2N2O3/c1-13(2,7-3-4-7)16-12(18)9-5-8(14)6-10(11(9)15)17(19)20/h5-7H,3-4H2,1-2H3,(H,16,18). The van der Waals surface area contributed by atoms with Crippen LogP contribution in [-0.4, -0.2) is 16.4 Å². The third kappa shape index (κ3) is 2.76. The van der Waals surface area contributed by atoms with E-state index >= 15 is 0 Å². The quantitative estimate of drug-likeness (QED) is 0.682. The lowest BCUT2D eigenvalue weighted by atomic mass is 9.98. The summed E-state index contributed by atoms with van der Waals surface area (Å²) in [6, 6.07) is 1.12. The largest absolute Gasteiger partial charge is 0.347 e. The van der Waals surface area contributed by atoms with Crippen molar-refractivity contribution in [2.75, 3.05) is 0 Å². The Morgan fingerprint density at radius 1 is 1.40 bits per heavy atom. The molecule has 20 heavy (non-hydrogen) atoms. The van der Waals surface area contributed by atoms with E-state index in [1.54, 1.807) is 13.8 Å². The number of carbonyl (C=O) groups is 1. The fourth-order valence-electron chi connectivity index (χ4n) is 2.14. The first kappa shape index (κ1) is 14.4. The number of hydrogen-bond acceptors (Lipinski definition) is 3. The number of nitrogens with zero attached hydrogens (tertiary/aromatic N) is 1. The second kappa shape index (κ2) is 4.81. The average Bonchev–Trinajstić information content (AvgIpc) is 3.14. The molecular weight excluding hydrogens is 270 g/mol. The monoisotopic (exact) mass is 284 g/mol. The predicted molar refractivity (Wildman–Crippen MR) is 67.3 cm³/mol. The zero-order valence-corrected chi connectivity index (χ0v) is 11.1. The minimum absolute atomic E-state index is 0.290. The second-order valence-corrected chi connectivity index (χ2v) is 5.49. The van der Waals surface area contributed by atoms with Gasteiger partial charge in [0, 0.05) is 5.54 Å². The second-order valence-electron chi connectivity index (χ2n) is 5.49. The lowest BCUT2D eigenvalue weighted by Crippen LogP contribution is -2.45. The van der Waals surface area contributed by atoms with Gasteiger partial charge in [-0.15, -0.1) is 0 Å². The van der Waals surface area contributed by atoms with Crippen LogP contribution in [0.1, 0.15) is 37.0 Å². The molecule has 2 rings (SSSR count). The maximum Gasteiger partial charge on any atom is 0.308 e. The molecule has 0 aromatic heterocycles. The van der Waals surface area contributed by atoms with Gasteiger partial charge in [0.1, 0.15) is 5.82 Å². The van der Waals surface area contributed by atoms with E-state index < -0.39 is 39.3 Å². The van der Waals surface area contributed by atoms with Crippen LogP contribution in [0.25, 0.3) is 0 Å². The number of halogens is 2. The summed E-state index contributed by atoms with van der Waals surface area (Å²) in [5, 5.41) is 13.2. The molecule has 1 aliphatic rings. The van der Waals surface area contributed by atoms with Crippen molar-refractivity contribution in [3.8, 4) is 0 Å². The topological polar surface area (TPSA) is 72.2 Å². The van der Waals surface area contributed by atoms with Crippen molar-refractivity contribution in [1.82, 2.24) is 5.32 Å². The normalized spacial score (nSPS) is 15.0. The Balaban J connectivity index is 2.32. The Morgan fingerprint density at radius 3 is 2.50 bits per heavy atom. The lowest BCUT2D eigenvalue weighted by Gasteiger charge is -2.26. The van der Waals surface area contributed by atoms with Crippen molar-refractivity contribution in [3.63, 3.8) is 0 Å². The molecule has 0 heterocycles. The van der Waals surface area contributed by atoms with Gasteiger partial charge in [0.15, 0.2) is 0 Å². The number of benzene rings is 1. The van der Waals surface area contributed by atoms with Gasteiger partial charge in [-0.3, -0.25) is 14.9 Å². The van der Waals surface area contributed by atoms with Gasteiger partial charge in [0.05, 0.1) is 16.6 Å². The van der Waals surface area contributed by atoms with Crippen LogP contribution in [0.2, 0.25) is 0 Å². The molecular formula is C13H14F2N2O3. The minimum Gasteiger partial charge on any atom is -0.347 e. The Hall–Kier alpha value is -2.05. The lowest BCUT2D eigenvalue weighted by molar-refractivity contribution is -0.387. The molecule has 0 unspecified atom stereocenters.